The second kappa shape index (κ2) is 5.39. The molecule has 1 aromatic heterocycles. The number of anilines is 1. The molecule has 1 saturated heterocycles. The smallest absolute Gasteiger partial charge is 0.318 e. The summed E-state index contributed by atoms with van der Waals surface area (Å²) in [4.78, 5) is 21.0. The number of carbonyl (C=O) groups is 1. The van der Waals surface area contributed by atoms with Gasteiger partial charge in [-0.15, -0.1) is 0 Å². The molecule has 1 aliphatic rings. The number of hydrogen-bond donors (Lipinski definition) is 1. The normalized spacial score (nSPS) is 19.7. The second-order valence-corrected chi connectivity index (χ2v) is 4.56. The van der Waals surface area contributed by atoms with Crippen molar-refractivity contribution in [3.8, 4) is 6.01 Å². The number of nitrogens with zero attached hydrogens (tertiary/aromatic N) is 3. The molecular weight excluding hydrogens is 258 g/mol. The van der Waals surface area contributed by atoms with Gasteiger partial charge in [-0.1, -0.05) is 11.6 Å². The molecule has 0 bridgehead atoms. The van der Waals surface area contributed by atoms with E-state index < -0.39 is 5.97 Å². The molecule has 0 radical (unpaired) electrons. The lowest BCUT2D eigenvalue weighted by Crippen LogP contribution is -2.39. The Balaban J connectivity index is 2.22. The van der Waals surface area contributed by atoms with Gasteiger partial charge >= 0.3 is 12.0 Å². The maximum Gasteiger partial charge on any atom is 0.318 e. The first-order valence-electron chi connectivity index (χ1n) is 5.66. The van der Waals surface area contributed by atoms with Gasteiger partial charge in [-0.2, -0.15) is 4.98 Å². The number of aromatic nitrogens is 2. The maximum absolute atomic E-state index is 11.0. The predicted molar refractivity (Wildman–Crippen MR) is 66.2 cm³/mol. The lowest BCUT2D eigenvalue weighted by molar-refractivity contribution is -0.141. The lowest BCUT2D eigenvalue weighted by Gasteiger charge is -2.31. The number of hydrogen-bond acceptors (Lipinski definition) is 5. The Morgan fingerprint density at radius 3 is 3.11 bits per heavy atom. The Kier molecular flexibility index (Phi) is 3.86. The molecule has 1 aromatic rings. The van der Waals surface area contributed by atoms with E-state index in [1.807, 2.05) is 4.90 Å². The predicted octanol–water partition coefficient (Wildman–Crippen LogP) is 1.44. The van der Waals surface area contributed by atoms with Gasteiger partial charge in [-0.3, -0.25) is 4.79 Å². The number of ether oxygens (including phenoxy) is 1. The van der Waals surface area contributed by atoms with E-state index in [1.54, 1.807) is 0 Å². The van der Waals surface area contributed by atoms with Crippen LogP contribution in [-0.4, -0.2) is 41.2 Å². The van der Waals surface area contributed by atoms with Gasteiger partial charge in [0.25, 0.3) is 0 Å². The van der Waals surface area contributed by atoms with Crippen molar-refractivity contribution in [3.05, 3.63) is 11.2 Å². The third-order valence-corrected chi connectivity index (χ3v) is 3.22. The van der Waals surface area contributed by atoms with Crippen molar-refractivity contribution in [2.24, 2.45) is 5.92 Å². The minimum atomic E-state index is -0.781. The highest BCUT2D eigenvalue weighted by Crippen LogP contribution is 2.28. The van der Waals surface area contributed by atoms with Gasteiger partial charge in [-0.25, -0.2) is 4.98 Å². The van der Waals surface area contributed by atoms with Crippen molar-refractivity contribution in [3.63, 3.8) is 0 Å². The molecule has 1 atom stereocenters. The average Bonchev–Trinajstić information content (AvgIpc) is 2.39. The zero-order valence-electron chi connectivity index (χ0n) is 9.97. The summed E-state index contributed by atoms with van der Waals surface area (Å²) in [6.07, 6.45) is 2.96. The number of rotatable bonds is 3. The van der Waals surface area contributed by atoms with Crippen molar-refractivity contribution >= 4 is 23.4 Å². The first kappa shape index (κ1) is 12.9. The average molecular weight is 272 g/mol. The standard InChI is InChI=1S/C11H14ClN3O3/c1-18-11-13-5-8(12)9(14-11)15-4-2-3-7(6-15)10(16)17/h5,7H,2-4,6H2,1H3,(H,16,17). The van der Waals surface area contributed by atoms with Gasteiger partial charge < -0.3 is 14.7 Å². The summed E-state index contributed by atoms with van der Waals surface area (Å²) < 4.78 is 4.95. The van der Waals surface area contributed by atoms with Crippen LogP contribution in [0.2, 0.25) is 5.02 Å². The second-order valence-electron chi connectivity index (χ2n) is 4.15. The van der Waals surface area contributed by atoms with Crippen LogP contribution < -0.4 is 9.64 Å². The minimum Gasteiger partial charge on any atom is -0.481 e. The van der Waals surface area contributed by atoms with Gasteiger partial charge in [0.15, 0.2) is 5.82 Å². The van der Waals surface area contributed by atoms with Crippen LogP contribution in [0.25, 0.3) is 0 Å². The summed E-state index contributed by atoms with van der Waals surface area (Å²) in [7, 11) is 1.48. The van der Waals surface area contributed by atoms with Crippen molar-refractivity contribution < 1.29 is 14.6 Å². The lowest BCUT2D eigenvalue weighted by atomic mass is 9.98. The van der Waals surface area contributed by atoms with Crippen molar-refractivity contribution in [2.75, 3.05) is 25.1 Å². The van der Waals surface area contributed by atoms with Crippen LogP contribution in [0.15, 0.2) is 6.20 Å². The summed E-state index contributed by atoms with van der Waals surface area (Å²) in [6.45, 7) is 1.15. The fraction of sp³-hybridized carbons (Fsp3) is 0.545. The van der Waals surface area contributed by atoms with Gasteiger partial charge in [0.1, 0.15) is 5.02 Å². The molecule has 1 fully saturated rings. The zero-order valence-corrected chi connectivity index (χ0v) is 10.7. The van der Waals surface area contributed by atoms with Gasteiger partial charge in [0, 0.05) is 13.1 Å². The molecule has 1 unspecified atom stereocenters. The molecule has 7 heteroatoms. The number of carboxylic acids is 1. The number of piperidine rings is 1. The molecule has 2 rings (SSSR count). The molecule has 1 N–H and O–H groups in total. The molecule has 0 aromatic carbocycles. The first-order valence-corrected chi connectivity index (χ1v) is 6.04. The first-order chi connectivity index (χ1) is 8.61. The molecule has 2 heterocycles. The Labute approximate surface area is 110 Å². The molecule has 0 amide bonds. The van der Waals surface area contributed by atoms with E-state index in [0.717, 1.165) is 13.0 Å². The number of carboxylic acid groups (broad SMARTS) is 1. The summed E-state index contributed by atoms with van der Waals surface area (Å²) in [5.74, 6) is -0.623. The summed E-state index contributed by atoms with van der Waals surface area (Å²) in [6, 6.07) is 0.229. The molecular formula is C11H14ClN3O3. The molecule has 0 aliphatic carbocycles. The van der Waals surface area contributed by atoms with Crippen LogP contribution in [0, 0.1) is 5.92 Å². The van der Waals surface area contributed by atoms with E-state index >= 15 is 0 Å². The van der Waals surface area contributed by atoms with Gasteiger partial charge in [0.05, 0.1) is 19.2 Å². The molecule has 98 valence electrons. The third-order valence-electron chi connectivity index (χ3n) is 2.96. The van der Waals surface area contributed by atoms with Crippen molar-refractivity contribution in [2.45, 2.75) is 12.8 Å². The summed E-state index contributed by atoms with van der Waals surface area (Å²) in [5.41, 5.74) is 0. The van der Waals surface area contributed by atoms with E-state index in [4.69, 9.17) is 21.4 Å². The minimum absolute atomic E-state index is 0.229. The van der Waals surface area contributed by atoms with Crippen LogP contribution >= 0.6 is 11.6 Å². The van der Waals surface area contributed by atoms with E-state index in [2.05, 4.69) is 9.97 Å². The van der Waals surface area contributed by atoms with Gasteiger partial charge in [0.2, 0.25) is 0 Å². The van der Waals surface area contributed by atoms with Crippen LogP contribution in [0.5, 0.6) is 6.01 Å². The van der Waals surface area contributed by atoms with Crippen LogP contribution in [-0.2, 0) is 4.79 Å². The Morgan fingerprint density at radius 1 is 1.67 bits per heavy atom. The fourth-order valence-corrected chi connectivity index (χ4v) is 2.24. The van der Waals surface area contributed by atoms with Crippen LogP contribution in [0.4, 0.5) is 5.82 Å². The van der Waals surface area contributed by atoms with Crippen LogP contribution in [0.1, 0.15) is 12.8 Å². The highest BCUT2D eigenvalue weighted by Gasteiger charge is 2.27. The molecule has 0 spiro atoms. The van der Waals surface area contributed by atoms with E-state index in [-0.39, 0.29) is 11.9 Å². The maximum atomic E-state index is 11.0. The highest BCUT2D eigenvalue weighted by atomic mass is 35.5. The third kappa shape index (κ3) is 2.64. The number of methoxy groups -OCH3 is 1. The quantitative estimate of drug-likeness (QED) is 0.896. The largest absolute Gasteiger partial charge is 0.481 e. The van der Waals surface area contributed by atoms with E-state index in [0.29, 0.717) is 23.8 Å². The van der Waals surface area contributed by atoms with Crippen LogP contribution in [0.3, 0.4) is 0 Å². The fourth-order valence-electron chi connectivity index (χ4n) is 2.03. The Bertz CT molecular complexity index is 455. The monoisotopic (exact) mass is 271 g/mol. The highest BCUT2D eigenvalue weighted by molar-refractivity contribution is 6.32. The molecule has 6 nitrogen and oxygen atoms in total. The Morgan fingerprint density at radius 2 is 2.44 bits per heavy atom. The van der Waals surface area contributed by atoms with Gasteiger partial charge in [-0.05, 0) is 12.8 Å². The SMILES string of the molecule is COc1ncc(Cl)c(N2CCCC(C(=O)O)C2)n1. The van der Waals surface area contributed by atoms with Crippen molar-refractivity contribution in [1.29, 1.82) is 0 Å². The molecule has 18 heavy (non-hydrogen) atoms. The molecule has 1 aliphatic heterocycles. The summed E-state index contributed by atoms with van der Waals surface area (Å²) >= 11 is 6.04. The molecule has 0 saturated carbocycles. The number of aliphatic carboxylic acids is 1. The van der Waals surface area contributed by atoms with E-state index in [9.17, 15) is 4.79 Å². The Hall–Kier alpha value is -1.56. The van der Waals surface area contributed by atoms with E-state index in [1.165, 1.54) is 13.3 Å². The van der Waals surface area contributed by atoms with Crippen molar-refractivity contribution in [1.82, 2.24) is 9.97 Å². The summed E-state index contributed by atoms with van der Waals surface area (Å²) in [5, 5.41) is 9.46. The topological polar surface area (TPSA) is 75.5 Å². The number of halogens is 1. The zero-order chi connectivity index (χ0) is 13.1.